The van der Waals surface area contributed by atoms with Crippen molar-refractivity contribution in [2.75, 3.05) is 6.54 Å². The third-order valence-corrected chi connectivity index (χ3v) is 4.63. The summed E-state index contributed by atoms with van der Waals surface area (Å²) in [5.41, 5.74) is 1.76. The maximum Gasteiger partial charge on any atom is 0.277 e. The van der Waals surface area contributed by atoms with E-state index in [1.54, 1.807) is 5.06 Å². The maximum absolute atomic E-state index is 12.8. The number of rotatable bonds is 6. The van der Waals surface area contributed by atoms with Crippen LogP contribution in [0.1, 0.15) is 48.0 Å². The molecule has 0 N–H and O–H groups in total. The zero-order valence-corrected chi connectivity index (χ0v) is 14.1. The molecule has 0 atom stereocenters. The minimum Gasteiger partial charge on any atom is -0.267 e. The van der Waals surface area contributed by atoms with Crippen LogP contribution in [0.5, 0.6) is 0 Å². The predicted octanol–water partition coefficient (Wildman–Crippen LogP) is 4.84. The van der Waals surface area contributed by atoms with Gasteiger partial charge in [-0.1, -0.05) is 67.8 Å². The van der Waals surface area contributed by atoms with Gasteiger partial charge in [-0.15, -0.1) is 0 Å². The van der Waals surface area contributed by atoms with E-state index in [2.05, 4.69) is 0 Å². The summed E-state index contributed by atoms with van der Waals surface area (Å²) in [6.07, 6.45) is 6.21. The van der Waals surface area contributed by atoms with Gasteiger partial charge in [-0.05, 0) is 36.5 Å². The van der Waals surface area contributed by atoms with Crippen molar-refractivity contribution in [1.29, 1.82) is 0 Å². The molecule has 0 unspecified atom stereocenters. The van der Waals surface area contributed by atoms with E-state index in [0.29, 0.717) is 24.6 Å². The van der Waals surface area contributed by atoms with Gasteiger partial charge in [0.15, 0.2) is 0 Å². The van der Waals surface area contributed by atoms with Gasteiger partial charge in [0.25, 0.3) is 5.91 Å². The van der Waals surface area contributed by atoms with Crippen LogP contribution in [-0.4, -0.2) is 17.5 Å². The first kappa shape index (κ1) is 16.7. The van der Waals surface area contributed by atoms with Crippen molar-refractivity contribution in [3.8, 4) is 0 Å². The third-order valence-electron chi connectivity index (χ3n) is 4.63. The first-order valence-corrected chi connectivity index (χ1v) is 8.86. The molecule has 1 fully saturated rings. The highest BCUT2D eigenvalue weighted by atomic mass is 16.7. The number of hydroxylamine groups is 2. The molecule has 0 saturated heterocycles. The third kappa shape index (κ3) is 4.68. The Morgan fingerprint density at radius 2 is 1.54 bits per heavy atom. The van der Waals surface area contributed by atoms with Crippen LogP contribution >= 0.6 is 0 Å². The van der Waals surface area contributed by atoms with Crippen LogP contribution in [0.2, 0.25) is 0 Å². The average Bonchev–Trinajstić information content (AvgIpc) is 2.67. The summed E-state index contributed by atoms with van der Waals surface area (Å²) >= 11 is 0. The summed E-state index contributed by atoms with van der Waals surface area (Å²) in [4.78, 5) is 18.8. The molecule has 1 saturated carbocycles. The van der Waals surface area contributed by atoms with Gasteiger partial charge in [-0.2, -0.15) is 0 Å². The zero-order valence-electron chi connectivity index (χ0n) is 14.1. The molecular formula is C21H25NO2. The number of nitrogens with zero attached hydrogens (tertiary/aromatic N) is 1. The molecule has 3 rings (SSSR count). The molecular weight excluding hydrogens is 298 g/mol. The van der Waals surface area contributed by atoms with E-state index in [1.807, 2.05) is 60.7 Å². The highest BCUT2D eigenvalue weighted by molar-refractivity contribution is 5.93. The summed E-state index contributed by atoms with van der Waals surface area (Å²) in [7, 11) is 0. The SMILES string of the molecule is O=C(c1ccccc1)N(CC1CCCCC1)OCc1ccccc1. The van der Waals surface area contributed by atoms with Gasteiger partial charge in [-0.3, -0.25) is 9.63 Å². The lowest BCUT2D eigenvalue weighted by atomic mass is 9.89. The normalized spacial score (nSPS) is 15.2. The largest absolute Gasteiger partial charge is 0.277 e. The molecule has 2 aromatic carbocycles. The van der Waals surface area contributed by atoms with E-state index in [4.69, 9.17) is 4.84 Å². The number of carbonyl (C=O) groups excluding carboxylic acids is 1. The standard InChI is InChI=1S/C21H25NO2/c23-21(20-14-8-3-9-15-20)22(16-18-10-4-1-5-11-18)24-17-19-12-6-2-7-13-19/h2-3,6-9,12-15,18H,1,4-5,10-11,16-17H2. The summed E-state index contributed by atoms with van der Waals surface area (Å²) in [6.45, 7) is 1.10. The first-order chi connectivity index (χ1) is 11.8. The van der Waals surface area contributed by atoms with Gasteiger partial charge < -0.3 is 0 Å². The van der Waals surface area contributed by atoms with Gasteiger partial charge in [0, 0.05) is 5.56 Å². The van der Waals surface area contributed by atoms with Gasteiger partial charge >= 0.3 is 0 Å². The van der Waals surface area contributed by atoms with E-state index < -0.39 is 0 Å². The van der Waals surface area contributed by atoms with Gasteiger partial charge in [0.1, 0.15) is 6.61 Å². The summed E-state index contributed by atoms with van der Waals surface area (Å²) < 4.78 is 0. The molecule has 126 valence electrons. The summed E-state index contributed by atoms with van der Waals surface area (Å²) in [5.74, 6) is 0.499. The Balaban J connectivity index is 1.68. The number of carbonyl (C=O) groups is 1. The molecule has 0 radical (unpaired) electrons. The lowest BCUT2D eigenvalue weighted by Gasteiger charge is -2.29. The van der Waals surface area contributed by atoms with Gasteiger partial charge in [0.05, 0.1) is 6.54 Å². The number of benzene rings is 2. The second-order valence-electron chi connectivity index (χ2n) is 6.50. The molecule has 0 heterocycles. The van der Waals surface area contributed by atoms with Crippen LogP contribution in [-0.2, 0) is 11.4 Å². The smallest absolute Gasteiger partial charge is 0.267 e. The number of amides is 1. The lowest BCUT2D eigenvalue weighted by molar-refractivity contribution is -0.142. The highest BCUT2D eigenvalue weighted by Gasteiger charge is 2.23. The molecule has 1 amide bonds. The van der Waals surface area contributed by atoms with Crippen molar-refractivity contribution in [2.24, 2.45) is 5.92 Å². The van der Waals surface area contributed by atoms with Gasteiger partial charge in [-0.25, -0.2) is 5.06 Å². The summed E-state index contributed by atoms with van der Waals surface area (Å²) in [5, 5.41) is 1.58. The molecule has 1 aliphatic carbocycles. The average molecular weight is 323 g/mol. The van der Waals surface area contributed by atoms with E-state index in [9.17, 15) is 4.79 Å². The van der Waals surface area contributed by atoms with E-state index >= 15 is 0 Å². The minimum atomic E-state index is -0.0443. The van der Waals surface area contributed by atoms with Crippen molar-refractivity contribution in [3.63, 3.8) is 0 Å². The molecule has 0 aromatic heterocycles. The fraction of sp³-hybridized carbons (Fsp3) is 0.381. The number of hydrogen-bond acceptors (Lipinski definition) is 2. The number of hydrogen-bond donors (Lipinski definition) is 0. The Morgan fingerprint density at radius 3 is 2.21 bits per heavy atom. The Kier molecular flexibility index (Phi) is 6.02. The molecule has 2 aromatic rings. The van der Waals surface area contributed by atoms with Crippen LogP contribution in [0.4, 0.5) is 0 Å². The molecule has 0 spiro atoms. The second kappa shape index (κ2) is 8.65. The van der Waals surface area contributed by atoms with Crippen molar-refractivity contribution in [2.45, 2.75) is 38.7 Å². The second-order valence-corrected chi connectivity index (χ2v) is 6.50. The van der Waals surface area contributed by atoms with Gasteiger partial charge in [0.2, 0.25) is 0 Å². The van der Waals surface area contributed by atoms with Crippen molar-refractivity contribution < 1.29 is 9.63 Å². The molecule has 1 aliphatic rings. The molecule has 0 aliphatic heterocycles. The van der Waals surface area contributed by atoms with Crippen LogP contribution in [0.15, 0.2) is 60.7 Å². The van der Waals surface area contributed by atoms with E-state index in [0.717, 1.165) is 5.56 Å². The van der Waals surface area contributed by atoms with Crippen molar-refractivity contribution in [1.82, 2.24) is 5.06 Å². The fourth-order valence-corrected chi connectivity index (χ4v) is 3.25. The Labute approximate surface area is 144 Å². The van der Waals surface area contributed by atoms with Crippen molar-refractivity contribution in [3.05, 3.63) is 71.8 Å². The highest BCUT2D eigenvalue weighted by Crippen LogP contribution is 2.25. The monoisotopic (exact) mass is 323 g/mol. The maximum atomic E-state index is 12.8. The van der Waals surface area contributed by atoms with Crippen molar-refractivity contribution >= 4 is 5.91 Å². The summed E-state index contributed by atoms with van der Waals surface area (Å²) in [6, 6.07) is 19.4. The van der Waals surface area contributed by atoms with Crippen LogP contribution in [0.3, 0.4) is 0 Å². The van der Waals surface area contributed by atoms with Crippen LogP contribution < -0.4 is 0 Å². The fourth-order valence-electron chi connectivity index (χ4n) is 3.25. The quantitative estimate of drug-likeness (QED) is 0.712. The first-order valence-electron chi connectivity index (χ1n) is 8.86. The predicted molar refractivity (Wildman–Crippen MR) is 95.3 cm³/mol. The lowest BCUT2D eigenvalue weighted by Crippen LogP contribution is -2.36. The zero-order chi connectivity index (χ0) is 16.6. The Hall–Kier alpha value is -2.13. The van der Waals surface area contributed by atoms with Crippen LogP contribution in [0.25, 0.3) is 0 Å². The Morgan fingerprint density at radius 1 is 0.917 bits per heavy atom. The molecule has 3 heteroatoms. The molecule has 3 nitrogen and oxygen atoms in total. The Bertz CT molecular complexity index is 621. The molecule has 24 heavy (non-hydrogen) atoms. The topological polar surface area (TPSA) is 29.5 Å². The van der Waals surface area contributed by atoms with Crippen LogP contribution in [0, 0.1) is 5.92 Å². The van der Waals surface area contributed by atoms with E-state index in [-0.39, 0.29) is 5.91 Å². The van der Waals surface area contributed by atoms with E-state index in [1.165, 1.54) is 32.1 Å². The minimum absolute atomic E-state index is 0.0443. The molecule has 0 bridgehead atoms.